The summed E-state index contributed by atoms with van der Waals surface area (Å²) in [5, 5.41) is 2.95. The van der Waals surface area contributed by atoms with Crippen LogP contribution in [0.25, 0.3) is 0 Å². The van der Waals surface area contributed by atoms with E-state index in [1.807, 2.05) is 55.5 Å². The molecule has 2 aromatic rings. The summed E-state index contributed by atoms with van der Waals surface area (Å²) in [5.74, 6) is 0.789. The van der Waals surface area contributed by atoms with Crippen molar-refractivity contribution in [1.29, 1.82) is 0 Å². The van der Waals surface area contributed by atoms with Gasteiger partial charge in [-0.2, -0.15) is 0 Å². The van der Waals surface area contributed by atoms with Crippen molar-refractivity contribution < 1.29 is 9.53 Å². The van der Waals surface area contributed by atoms with Gasteiger partial charge in [-0.1, -0.05) is 29.8 Å². The van der Waals surface area contributed by atoms with Crippen LogP contribution in [0.3, 0.4) is 0 Å². The molecule has 0 spiro atoms. The van der Waals surface area contributed by atoms with Crippen molar-refractivity contribution >= 4 is 11.6 Å². The Morgan fingerprint density at radius 2 is 1.79 bits per heavy atom. The summed E-state index contributed by atoms with van der Waals surface area (Å²) < 4.78 is 5.65. The molecule has 0 bridgehead atoms. The second kappa shape index (κ2) is 7.86. The standard InChI is InChI=1S/C20H24N2O2/c1-16-8-10-17(11-9-16)24-15-12-21-20(23)18-6-2-3-7-19(18)22-13-4-5-14-22/h2-3,6-11H,4-5,12-15H2,1H3,(H,21,23). The van der Waals surface area contributed by atoms with Crippen LogP contribution in [-0.2, 0) is 0 Å². The Balaban J connectivity index is 1.52. The number of ether oxygens (including phenoxy) is 1. The van der Waals surface area contributed by atoms with E-state index in [9.17, 15) is 4.79 Å². The number of hydrogen-bond donors (Lipinski definition) is 1. The van der Waals surface area contributed by atoms with Gasteiger partial charge in [-0.05, 0) is 44.0 Å². The van der Waals surface area contributed by atoms with Crippen LogP contribution >= 0.6 is 0 Å². The maximum Gasteiger partial charge on any atom is 0.253 e. The highest BCUT2D eigenvalue weighted by Crippen LogP contribution is 2.24. The fourth-order valence-corrected chi connectivity index (χ4v) is 2.96. The molecule has 2 aromatic carbocycles. The highest BCUT2D eigenvalue weighted by atomic mass is 16.5. The molecule has 1 fully saturated rings. The summed E-state index contributed by atoms with van der Waals surface area (Å²) in [7, 11) is 0. The van der Waals surface area contributed by atoms with Crippen molar-refractivity contribution in [3.8, 4) is 5.75 Å². The molecule has 0 aliphatic carbocycles. The number of carbonyl (C=O) groups excluding carboxylic acids is 1. The molecule has 24 heavy (non-hydrogen) atoms. The lowest BCUT2D eigenvalue weighted by atomic mass is 10.1. The summed E-state index contributed by atoms with van der Waals surface area (Å²) in [6.07, 6.45) is 2.39. The maximum absolute atomic E-state index is 12.5. The smallest absolute Gasteiger partial charge is 0.253 e. The fraction of sp³-hybridized carbons (Fsp3) is 0.350. The number of carbonyl (C=O) groups is 1. The Hall–Kier alpha value is -2.49. The lowest BCUT2D eigenvalue weighted by molar-refractivity contribution is 0.0947. The second-order valence-corrected chi connectivity index (χ2v) is 6.13. The normalized spacial score (nSPS) is 13.8. The Kier molecular flexibility index (Phi) is 5.36. The predicted molar refractivity (Wildman–Crippen MR) is 96.9 cm³/mol. The van der Waals surface area contributed by atoms with Gasteiger partial charge in [-0.25, -0.2) is 0 Å². The van der Waals surface area contributed by atoms with Gasteiger partial charge in [0.1, 0.15) is 12.4 Å². The summed E-state index contributed by atoms with van der Waals surface area (Å²) in [6, 6.07) is 15.7. The summed E-state index contributed by atoms with van der Waals surface area (Å²) >= 11 is 0. The van der Waals surface area contributed by atoms with Crippen LogP contribution in [0.15, 0.2) is 48.5 Å². The molecule has 4 heteroatoms. The Labute approximate surface area is 143 Å². The number of amides is 1. The lowest BCUT2D eigenvalue weighted by Gasteiger charge is -2.20. The topological polar surface area (TPSA) is 41.6 Å². The first-order valence-electron chi connectivity index (χ1n) is 8.56. The first-order valence-corrected chi connectivity index (χ1v) is 8.56. The molecule has 3 rings (SSSR count). The van der Waals surface area contributed by atoms with Crippen molar-refractivity contribution in [2.24, 2.45) is 0 Å². The van der Waals surface area contributed by atoms with Gasteiger partial charge in [0.15, 0.2) is 0 Å². The Morgan fingerprint density at radius 1 is 1.08 bits per heavy atom. The molecule has 0 unspecified atom stereocenters. The SMILES string of the molecule is Cc1ccc(OCCNC(=O)c2ccccc2N2CCCC2)cc1. The molecule has 1 heterocycles. The first-order chi connectivity index (χ1) is 11.7. The third-order valence-electron chi connectivity index (χ3n) is 4.27. The van der Waals surface area contributed by atoms with Gasteiger partial charge in [0.2, 0.25) is 0 Å². The molecule has 1 N–H and O–H groups in total. The fourth-order valence-electron chi connectivity index (χ4n) is 2.96. The summed E-state index contributed by atoms with van der Waals surface area (Å²) in [5.41, 5.74) is 2.98. The van der Waals surface area contributed by atoms with Crippen LogP contribution in [0, 0.1) is 6.92 Å². The molecule has 4 nitrogen and oxygen atoms in total. The second-order valence-electron chi connectivity index (χ2n) is 6.13. The lowest BCUT2D eigenvalue weighted by Crippen LogP contribution is -2.30. The molecule has 0 radical (unpaired) electrons. The number of rotatable bonds is 6. The third-order valence-corrected chi connectivity index (χ3v) is 4.27. The molecule has 1 saturated heterocycles. The molecular weight excluding hydrogens is 300 g/mol. The minimum atomic E-state index is -0.0370. The Bertz CT molecular complexity index is 676. The van der Waals surface area contributed by atoms with Gasteiger partial charge in [0, 0.05) is 18.8 Å². The van der Waals surface area contributed by atoms with Crippen molar-refractivity contribution in [3.05, 3.63) is 59.7 Å². The summed E-state index contributed by atoms with van der Waals surface area (Å²) in [4.78, 5) is 14.8. The van der Waals surface area contributed by atoms with Crippen molar-refractivity contribution in [2.75, 3.05) is 31.1 Å². The molecule has 1 amide bonds. The van der Waals surface area contributed by atoms with Crippen LogP contribution in [0.1, 0.15) is 28.8 Å². The van der Waals surface area contributed by atoms with E-state index >= 15 is 0 Å². The quantitative estimate of drug-likeness (QED) is 0.828. The predicted octanol–water partition coefficient (Wildman–Crippen LogP) is 3.40. The average Bonchev–Trinajstić information content (AvgIpc) is 3.14. The maximum atomic E-state index is 12.5. The van der Waals surface area contributed by atoms with Gasteiger partial charge >= 0.3 is 0 Å². The number of nitrogens with zero attached hydrogens (tertiary/aromatic N) is 1. The zero-order valence-corrected chi connectivity index (χ0v) is 14.1. The molecule has 126 valence electrons. The number of benzene rings is 2. The third kappa shape index (κ3) is 4.07. The number of nitrogens with one attached hydrogen (secondary N) is 1. The van der Waals surface area contributed by atoms with Crippen molar-refractivity contribution in [2.45, 2.75) is 19.8 Å². The minimum Gasteiger partial charge on any atom is -0.492 e. The van der Waals surface area contributed by atoms with E-state index < -0.39 is 0 Å². The van der Waals surface area contributed by atoms with Crippen molar-refractivity contribution in [1.82, 2.24) is 5.32 Å². The first kappa shape index (κ1) is 16.4. The van der Waals surface area contributed by atoms with Crippen LogP contribution in [0.5, 0.6) is 5.75 Å². The number of para-hydroxylation sites is 1. The minimum absolute atomic E-state index is 0.0370. The summed E-state index contributed by atoms with van der Waals surface area (Å²) in [6.45, 7) is 5.05. The van der Waals surface area contributed by atoms with Gasteiger partial charge in [0.25, 0.3) is 5.91 Å². The zero-order chi connectivity index (χ0) is 16.8. The van der Waals surface area contributed by atoms with Gasteiger partial charge in [-0.15, -0.1) is 0 Å². The van der Waals surface area contributed by atoms with E-state index in [2.05, 4.69) is 10.2 Å². The highest BCUT2D eigenvalue weighted by Gasteiger charge is 2.18. The number of anilines is 1. The van der Waals surface area contributed by atoms with Gasteiger partial charge in [-0.3, -0.25) is 4.79 Å². The molecular formula is C20H24N2O2. The van der Waals surface area contributed by atoms with E-state index in [-0.39, 0.29) is 5.91 Å². The highest BCUT2D eigenvalue weighted by molar-refractivity contribution is 5.99. The molecule has 0 aromatic heterocycles. The number of aryl methyl sites for hydroxylation is 1. The van der Waals surface area contributed by atoms with Crippen LogP contribution < -0.4 is 15.0 Å². The Morgan fingerprint density at radius 3 is 2.54 bits per heavy atom. The average molecular weight is 324 g/mol. The molecule has 1 aliphatic rings. The van der Waals surface area contributed by atoms with E-state index in [4.69, 9.17) is 4.74 Å². The number of hydrogen-bond acceptors (Lipinski definition) is 3. The van der Waals surface area contributed by atoms with E-state index in [1.165, 1.54) is 18.4 Å². The van der Waals surface area contributed by atoms with Crippen molar-refractivity contribution in [3.63, 3.8) is 0 Å². The molecule has 0 atom stereocenters. The largest absolute Gasteiger partial charge is 0.492 e. The molecule has 0 saturated carbocycles. The van der Waals surface area contributed by atoms with E-state index in [0.717, 1.165) is 30.1 Å². The van der Waals surface area contributed by atoms with Gasteiger partial charge < -0.3 is 15.0 Å². The zero-order valence-electron chi connectivity index (χ0n) is 14.1. The van der Waals surface area contributed by atoms with Crippen LogP contribution in [0.2, 0.25) is 0 Å². The van der Waals surface area contributed by atoms with E-state index in [1.54, 1.807) is 0 Å². The van der Waals surface area contributed by atoms with Gasteiger partial charge in [0.05, 0.1) is 12.1 Å². The van der Waals surface area contributed by atoms with E-state index in [0.29, 0.717) is 13.2 Å². The molecule has 1 aliphatic heterocycles. The van der Waals surface area contributed by atoms with Crippen LogP contribution in [0.4, 0.5) is 5.69 Å². The van der Waals surface area contributed by atoms with Crippen LogP contribution in [-0.4, -0.2) is 32.1 Å². The monoisotopic (exact) mass is 324 g/mol.